The number of pyridine rings is 3. The van der Waals surface area contributed by atoms with Crippen molar-refractivity contribution >= 4 is 51.6 Å². The van der Waals surface area contributed by atoms with Crippen LogP contribution in [-0.2, 0) is 16.0 Å². The monoisotopic (exact) mass is 431 g/mol. The zero-order valence-corrected chi connectivity index (χ0v) is 17.4. The molecular weight excluding hydrogens is 414 g/mol. The number of hydrogen-bond donors (Lipinski definition) is 1. The number of anilines is 3. The van der Waals surface area contributed by atoms with Gasteiger partial charge in [0, 0.05) is 36.1 Å². The van der Waals surface area contributed by atoms with E-state index in [1.165, 1.54) is 18.0 Å². The lowest BCUT2D eigenvalue weighted by atomic mass is 10.1. The minimum atomic E-state index is -0.246. The highest BCUT2D eigenvalue weighted by atomic mass is 35.5. The molecule has 1 aromatic carbocycles. The smallest absolute Gasteiger partial charge is 0.229 e. The summed E-state index contributed by atoms with van der Waals surface area (Å²) in [6.07, 6.45) is 4.92. The molecule has 3 heterocycles. The van der Waals surface area contributed by atoms with Crippen LogP contribution in [0, 0.1) is 0 Å². The normalized spacial score (nSPS) is 10.6. The van der Waals surface area contributed by atoms with Crippen molar-refractivity contribution < 1.29 is 9.59 Å². The molecule has 0 bridgehead atoms. The predicted molar refractivity (Wildman–Crippen MR) is 120 cm³/mol. The molecule has 0 fully saturated rings. The number of carbonyl (C=O) groups is 2. The van der Waals surface area contributed by atoms with Crippen LogP contribution >= 0.6 is 11.6 Å². The summed E-state index contributed by atoms with van der Waals surface area (Å²) in [5.74, 6) is -0.111. The van der Waals surface area contributed by atoms with E-state index in [2.05, 4.69) is 20.3 Å². The number of nitrogens with zero attached hydrogens (tertiary/aromatic N) is 4. The van der Waals surface area contributed by atoms with Gasteiger partial charge >= 0.3 is 0 Å². The van der Waals surface area contributed by atoms with Gasteiger partial charge in [-0.05, 0) is 35.9 Å². The van der Waals surface area contributed by atoms with E-state index in [0.717, 1.165) is 11.1 Å². The summed E-state index contributed by atoms with van der Waals surface area (Å²) >= 11 is 6.14. The van der Waals surface area contributed by atoms with E-state index >= 15 is 0 Å². The van der Waals surface area contributed by atoms with E-state index in [1.54, 1.807) is 48.8 Å². The van der Waals surface area contributed by atoms with Crippen molar-refractivity contribution in [2.24, 2.45) is 0 Å². The maximum atomic E-state index is 12.5. The number of fused-ring (bicyclic) bond motifs is 1. The van der Waals surface area contributed by atoms with Crippen LogP contribution in [0.2, 0.25) is 5.02 Å². The van der Waals surface area contributed by atoms with E-state index < -0.39 is 0 Å². The van der Waals surface area contributed by atoms with E-state index in [9.17, 15) is 9.59 Å². The molecular formula is C23H18ClN5O2. The lowest BCUT2D eigenvalue weighted by Gasteiger charge is -2.20. The number of hydrogen-bond acceptors (Lipinski definition) is 5. The number of halogens is 1. The van der Waals surface area contributed by atoms with E-state index in [-0.39, 0.29) is 18.2 Å². The topological polar surface area (TPSA) is 88.1 Å². The number of rotatable bonds is 5. The molecule has 31 heavy (non-hydrogen) atoms. The Kier molecular flexibility index (Phi) is 5.86. The van der Waals surface area contributed by atoms with Crippen LogP contribution in [-0.4, -0.2) is 26.8 Å². The Morgan fingerprint density at radius 1 is 0.968 bits per heavy atom. The average Bonchev–Trinajstić information content (AvgIpc) is 2.75. The fourth-order valence-corrected chi connectivity index (χ4v) is 3.38. The average molecular weight is 432 g/mol. The molecule has 154 valence electrons. The molecule has 0 aliphatic heterocycles. The lowest BCUT2D eigenvalue weighted by molar-refractivity contribution is -0.116. The van der Waals surface area contributed by atoms with Gasteiger partial charge in [-0.2, -0.15) is 0 Å². The van der Waals surface area contributed by atoms with Gasteiger partial charge in [0.05, 0.1) is 29.3 Å². The van der Waals surface area contributed by atoms with Crippen LogP contribution in [0.15, 0.2) is 73.2 Å². The lowest BCUT2D eigenvalue weighted by Crippen LogP contribution is -2.24. The van der Waals surface area contributed by atoms with Gasteiger partial charge in [-0.1, -0.05) is 29.8 Å². The van der Waals surface area contributed by atoms with Gasteiger partial charge in [-0.25, -0.2) is 4.98 Å². The second-order valence-electron chi connectivity index (χ2n) is 6.81. The highest BCUT2D eigenvalue weighted by molar-refractivity contribution is 6.31. The van der Waals surface area contributed by atoms with Gasteiger partial charge in [-0.15, -0.1) is 0 Å². The molecule has 4 rings (SSSR count). The minimum Gasteiger partial charge on any atom is -0.326 e. The van der Waals surface area contributed by atoms with Crippen molar-refractivity contribution in [2.45, 2.75) is 13.3 Å². The van der Waals surface area contributed by atoms with Crippen LogP contribution in [0.25, 0.3) is 11.0 Å². The van der Waals surface area contributed by atoms with Gasteiger partial charge in [0.15, 0.2) is 0 Å². The Balaban J connectivity index is 1.59. The molecule has 0 aliphatic rings. The van der Waals surface area contributed by atoms with Crippen molar-refractivity contribution in [1.82, 2.24) is 15.0 Å². The summed E-state index contributed by atoms with van der Waals surface area (Å²) in [4.78, 5) is 39.3. The minimum absolute atomic E-state index is 0.133. The molecule has 0 saturated heterocycles. The molecule has 0 aliphatic carbocycles. The van der Waals surface area contributed by atoms with Crippen LogP contribution < -0.4 is 10.2 Å². The summed E-state index contributed by atoms with van der Waals surface area (Å²) in [7, 11) is 0. The Labute approximate surface area is 183 Å². The van der Waals surface area contributed by atoms with E-state index in [1.807, 2.05) is 18.2 Å². The van der Waals surface area contributed by atoms with E-state index in [4.69, 9.17) is 11.6 Å². The summed E-state index contributed by atoms with van der Waals surface area (Å²) in [6, 6.07) is 15.9. The molecule has 4 aromatic rings. The third-order valence-corrected chi connectivity index (χ3v) is 4.95. The van der Waals surface area contributed by atoms with E-state index in [0.29, 0.717) is 27.7 Å². The van der Waals surface area contributed by atoms with Crippen LogP contribution in [0.1, 0.15) is 12.5 Å². The van der Waals surface area contributed by atoms with Crippen molar-refractivity contribution in [3.8, 4) is 0 Å². The number of aromatic nitrogens is 3. The standard InChI is InChI=1S/C23H18ClN5O2/c1-15(30)29(18-13-21-20(27-14-18)7-4-9-25-21)22-12-17(8-10-26-22)28-23(31)11-16-5-2-3-6-19(16)24/h2-10,12-14H,11H2,1H3,(H,26,28,31). The number of nitrogens with one attached hydrogen (secondary N) is 1. The molecule has 8 heteroatoms. The highest BCUT2D eigenvalue weighted by Gasteiger charge is 2.18. The first kappa shape index (κ1) is 20.4. The molecule has 0 radical (unpaired) electrons. The summed E-state index contributed by atoms with van der Waals surface area (Å²) in [6.45, 7) is 1.44. The second-order valence-corrected chi connectivity index (χ2v) is 7.22. The summed E-state index contributed by atoms with van der Waals surface area (Å²) < 4.78 is 0. The SMILES string of the molecule is CC(=O)N(c1cnc2cccnc2c1)c1cc(NC(=O)Cc2ccccc2Cl)ccn1. The van der Waals surface area contributed by atoms with Gasteiger partial charge in [0.25, 0.3) is 0 Å². The van der Waals surface area contributed by atoms with Gasteiger partial charge in [0.2, 0.25) is 11.8 Å². The largest absolute Gasteiger partial charge is 0.326 e. The van der Waals surface area contributed by atoms with Crippen LogP contribution in [0.5, 0.6) is 0 Å². The Bertz CT molecular complexity index is 1280. The van der Waals surface area contributed by atoms with Gasteiger partial charge < -0.3 is 5.32 Å². The van der Waals surface area contributed by atoms with Crippen molar-refractivity contribution in [1.29, 1.82) is 0 Å². The van der Waals surface area contributed by atoms with Crippen molar-refractivity contribution in [2.75, 3.05) is 10.2 Å². The maximum Gasteiger partial charge on any atom is 0.229 e. The first-order valence-electron chi connectivity index (χ1n) is 9.52. The van der Waals surface area contributed by atoms with Gasteiger partial charge in [0.1, 0.15) is 5.82 Å². The first-order valence-corrected chi connectivity index (χ1v) is 9.90. The molecule has 2 amide bonds. The zero-order valence-electron chi connectivity index (χ0n) is 16.6. The number of benzene rings is 1. The Morgan fingerprint density at radius 3 is 2.61 bits per heavy atom. The maximum absolute atomic E-state index is 12.5. The summed E-state index contributed by atoms with van der Waals surface area (Å²) in [5.41, 5.74) is 3.17. The highest BCUT2D eigenvalue weighted by Crippen LogP contribution is 2.27. The molecule has 0 atom stereocenters. The fourth-order valence-electron chi connectivity index (χ4n) is 3.18. The van der Waals surface area contributed by atoms with Gasteiger partial charge in [-0.3, -0.25) is 24.5 Å². The fraction of sp³-hybridized carbons (Fsp3) is 0.0870. The third kappa shape index (κ3) is 4.67. The van der Waals surface area contributed by atoms with Crippen molar-refractivity contribution in [3.63, 3.8) is 0 Å². The second kappa shape index (κ2) is 8.89. The van der Waals surface area contributed by atoms with Crippen LogP contribution in [0.4, 0.5) is 17.2 Å². The Morgan fingerprint density at radius 2 is 1.81 bits per heavy atom. The quantitative estimate of drug-likeness (QED) is 0.501. The first-order chi connectivity index (χ1) is 15.0. The third-order valence-electron chi connectivity index (χ3n) is 4.58. The summed E-state index contributed by atoms with van der Waals surface area (Å²) in [5, 5.41) is 3.36. The molecule has 7 nitrogen and oxygen atoms in total. The Hall–Kier alpha value is -3.84. The number of carbonyl (C=O) groups excluding carboxylic acids is 2. The molecule has 0 saturated carbocycles. The number of amides is 2. The predicted octanol–water partition coefficient (Wildman–Crippen LogP) is 4.54. The molecule has 0 unspecified atom stereocenters. The molecule has 0 spiro atoms. The zero-order chi connectivity index (χ0) is 21.8. The van der Waals surface area contributed by atoms with Crippen LogP contribution in [0.3, 0.4) is 0 Å². The molecule has 3 aromatic heterocycles. The van der Waals surface area contributed by atoms with Crippen molar-refractivity contribution in [3.05, 3.63) is 83.8 Å². The molecule has 1 N–H and O–H groups in total.